The van der Waals surface area contributed by atoms with Crippen molar-refractivity contribution in [1.29, 1.82) is 0 Å². The number of rotatable bonds is 6. The maximum Gasteiger partial charge on any atom is 0.255 e. The van der Waals surface area contributed by atoms with Crippen molar-refractivity contribution in [2.24, 2.45) is 13.0 Å². The van der Waals surface area contributed by atoms with Gasteiger partial charge in [0.15, 0.2) is 0 Å². The van der Waals surface area contributed by atoms with E-state index in [4.69, 9.17) is 14.5 Å². The van der Waals surface area contributed by atoms with Crippen LogP contribution in [0.5, 0.6) is 5.75 Å². The van der Waals surface area contributed by atoms with Gasteiger partial charge in [-0.3, -0.25) is 14.3 Å². The fraction of sp³-hybridized carbons (Fsp3) is 0.375. The molecule has 0 spiro atoms. The Morgan fingerprint density at radius 1 is 1.16 bits per heavy atom. The number of hydrogen-bond acceptors (Lipinski definition) is 6. The summed E-state index contributed by atoms with van der Waals surface area (Å²) in [5.74, 6) is 2.24. The first kappa shape index (κ1) is 19.8. The predicted molar refractivity (Wildman–Crippen MR) is 118 cm³/mol. The van der Waals surface area contributed by atoms with Gasteiger partial charge in [0.1, 0.15) is 11.9 Å². The Morgan fingerprint density at radius 2 is 2.00 bits per heavy atom. The van der Waals surface area contributed by atoms with Gasteiger partial charge in [-0.1, -0.05) is 12.1 Å². The summed E-state index contributed by atoms with van der Waals surface area (Å²) in [7, 11) is 1.76. The van der Waals surface area contributed by atoms with Crippen LogP contribution in [-0.2, 0) is 11.8 Å². The molecular weight excluding hydrogens is 392 g/mol. The standard InChI is InChI=1S/C24H26N4O3/c1-27-23(29)14-21(18-7-9-25-10-8-18)26-24(27)28-11-12-30-22(15-28)19-3-2-4-20(13-19)31-16-17-5-6-17/h2-4,7-10,13-14,17,22H,5-6,11-12,15-16H2,1H3. The van der Waals surface area contributed by atoms with E-state index in [9.17, 15) is 4.79 Å². The molecule has 5 rings (SSSR count). The summed E-state index contributed by atoms with van der Waals surface area (Å²) >= 11 is 0. The second-order valence-corrected chi connectivity index (χ2v) is 8.21. The largest absolute Gasteiger partial charge is 0.493 e. The molecule has 31 heavy (non-hydrogen) atoms. The smallest absolute Gasteiger partial charge is 0.255 e. The average molecular weight is 418 g/mol. The van der Waals surface area contributed by atoms with Gasteiger partial charge in [-0.25, -0.2) is 4.98 Å². The van der Waals surface area contributed by atoms with E-state index >= 15 is 0 Å². The zero-order chi connectivity index (χ0) is 21.2. The first-order chi connectivity index (χ1) is 15.2. The molecule has 1 unspecified atom stereocenters. The SMILES string of the molecule is Cn1c(N2CCOC(c3cccc(OCC4CC4)c3)C2)nc(-c2ccncc2)cc1=O. The second kappa shape index (κ2) is 8.51. The zero-order valence-corrected chi connectivity index (χ0v) is 17.6. The molecule has 7 heteroatoms. The minimum absolute atomic E-state index is 0.0877. The highest BCUT2D eigenvalue weighted by Gasteiger charge is 2.26. The maximum atomic E-state index is 12.6. The number of benzene rings is 1. The molecule has 0 amide bonds. The normalized spacial score (nSPS) is 18.7. The molecule has 0 N–H and O–H groups in total. The third-order valence-electron chi connectivity index (χ3n) is 5.85. The van der Waals surface area contributed by atoms with Crippen LogP contribution in [-0.4, -0.2) is 40.8 Å². The summed E-state index contributed by atoms with van der Waals surface area (Å²) in [6.45, 7) is 2.64. The Kier molecular flexibility index (Phi) is 5.42. The molecule has 1 saturated heterocycles. The Labute approximate surface area is 181 Å². The van der Waals surface area contributed by atoms with E-state index in [1.807, 2.05) is 24.3 Å². The van der Waals surface area contributed by atoms with Crippen LogP contribution >= 0.6 is 0 Å². The summed E-state index contributed by atoms with van der Waals surface area (Å²) in [5.41, 5.74) is 2.52. The summed E-state index contributed by atoms with van der Waals surface area (Å²) < 4.78 is 13.6. The Morgan fingerprint density at radius 3 is 2.81 bits per heavy atom. The molecule has 0 radical (unpaired) electrons. The number of anilines is 1. The third kappa shape index (κ3) is 4.46. The lowest BCUT2D eigenvalue weighted by Crippen LogP contribution is -2.41. The van der Waals surface area contributed by atoms with Crippen LogP contribution in [0.15, 0.2) is 59.7 Å². The van der Waals surface area contributed by atoms with Crippen molar-refractivity contribution in [2.45, 2.75) is 18.9 Å². The summed E-state index contributed by atoms with van der Waals surface area (Å²) in [6.07, 6.45) is 5.84. The molecule has 1 aliphatic carbocycles. The number of ether oxygens (including phenoxy) is 2. The highest BCUT2D eigenvalue weighted by molar-refractivity contribution is 5.59. The van der Waals surface area contributed by atoms with Gasteiger partial charge in [-0.05, 0) is 48.6 Å². The lowest BCUT2D eigenvalue weighted by Gasteiger charge is -2.34. The lowest BCUT2D eigenvalue weighted by atomic mass is 10.1. The van der Waals surface area contributed by atoms with E-state index in [1.165, 1.54) is 12.8 Å². The minimum Gasteiger partial charge on any atom is -0.493 e. The Bertz CT molecular complexity index is 1110. The molecular formula is C24H26N4O3. The second-order valence-electron chi connectivity index (χ2n) is 8.21. The van der Waals surface area contributed by atoms with E-state index in [-0.39, 0.29) is 11.7 Å². The van der Waals surface area contributed by atoms with Crippen molar-refractivity contribution >= 4 is 5.95 Å². The fourth-order valence-corrected chi connectivity index (χ4v) is 3.82. The summed E-state index contributed by atoms with van der Waals surface area (Å²) in [5, 5.41) is 0. The maximum absolute atomic E-state index is 12.6. The molecule has 1 atom stereocenters. The average Bonchev–Trinajstić information content (AvgIpc) is 3.65. The van der Waals surface area contributed by atoms with E-state index in [0.717, 1.165) is 23.5 Å². The fourth-order valence-electron chi connectivity index (χ4n) is 3.82. The molecule has 3 aromatic rings. The molecule has 2 fully saturated rings. The van der Waals surface area contributed by atoms with Crippen molar-refractivity contribution in [1.82, 2.24) is 14.5 Å². The molecule has 1 aliphatic heterocycles. The van der Waals surface area contributed by atoms with Gasteiger partial charge >= 0.3 is 0 Å². The van der Waals surface area contributed by atoms with Gasteiger partial charge in [-0.15, -0.1) is 0 Å². The third-order valence-corrected chi connectivity index (χ3v) is 5.85. The number of pyridine rings is 1. The molecule has 0 bridgehead atoms. The van der Waals surface area contributed by atoms with Crippen LogP contribution in [0.25, 0.3) is 11.3 Å². The topological polar surface area (TPSA) is 69.5 Å². The first-order valence-electron chi connectivity index (χ1n) is 10.7. The lowest BCUT2D eigenvalue weighted by molar-refractivity contribution is 0.0388. The van der Waals surface area contributed by atoms with Crippen molar-refractivity contribution in [3.05, 3.63) is 70.8 Å². The predicted octanol–water partition coefficient (Wildman–Crippen LogP) is 3.21. The number of aromatic nitrogens is 3. The molecule has 2 aliphatic rings. The zero-order valence-electron chi connectivity index (χ0n) is 17.6. The van der Waals surface area contributed by atoms with Gasteiger partial charge in [-0.2, -0.15) is 0 Å². The highest BCUT2D eigenvalue weighted by Crippen LogP contribution is 2.31. The highest BCUT2D eigenvalue weighted by atomic mass is 16.5. The number of morpholine rings is 1. The van der Waals surface area contributed by atoms with Gasteiger partial charge < -0.3 is 14.4 Å². The quantitative estimate of drug-likeness (QED) is 0.612. The van der Waals surface area contributed by atoms with Gasteiger partial charge in [0.25, 0.3) is 5.56 Å². The van der Waals surface area contributed by atoms with Crippen LogP contribution in [0.2, 0.25) is 0 Å². The van der Waals surface area contributed by atoms with E-state index in [0.29, 0.717) is 37.3 Å². The van der Waals surface area contributed by atoms with Gasteiger partial charge in [0.2, 0.25) is 5.95 Å². The summed E-state index contributed by atoms with van der Waals surface area (Å²) in [6, 6.07) is 13.4. The van der Waals surface area contributed by atoms with Crippen molar-refractivity contribution in [2.75, 3.05) is 31.2 Å². The summed E-state index contributed by atoms with van der Waals surface area (Å²) in [4.78, 5) is 23.6. The van der Waals surface area contributed by atoms with Crippen LogP contribution in [0.1, 0.15) is 24.5 Å². The van der Waals surface area contributed by atoms with Crippen molar-refractivity contribution in [3.8, 4) is 17.0 Å². The number of hydrogen-bond donors (Lipinski definition) is 0. The molecule has 2 aromatic heterocycles. The molecule has 3 heterocycles. The van der Waals surface area contributed by atoms with E-state index < -0.39 is 0 Å². The van der Waals surface area contributed by atoms with Gasteiger partial charge in [0, 0.05) is 37.6 Å². The Hall–Kier alpha value is -3.19. The molecule has 1 aromatic carbocycles. The van der Waals surface area contributed by atoms with Crippen LogP contribution < -0.4 is 15.2 Å². The van der Waals surface area contributed by atoms with Crippen LogP contribution in [0.4, 0.5) is 5.95 Å². The van der Waals surface area contributed by atoms with Crippen LogP contribution in [0.3, 0.4) is 0 Å². The number of nitrogens with zero attached hydrogens (tertiary/aromatic N) is 4. The van der Waals surface area contributed by atoms with Crippen molar-refractivity contribution in [3.63, 3.8) is 0 Å². The minimum atomic E-state index is -0.111. The van der Waals surface area contributed by atoms with Gasteiger partial charge in [0.05, 0.1) is 25.5 Å². The first-order valence-corrected chi connectivity index (χ1v) is 10.7. The molecule has 1 saturated carbocycles. The van der Waals surface area contributed by atoms with E-state index in [2.05, 4.69) is 22.0 Å². The monoisotopic (exact) mass is 418 g/mol. The van der Waals surface area contributed by atoms with Crippen molar-refractivity contribution < 1.29 is 9.47 Å². The van der Waals surface area contributed by atoms with Crippen LogP contribution in [0, 0.1) is 5.92 Å². The molecule has 7 nitrogen and oxygen atoms in total. The molecule has 160 valence electrons. The Balaban J connectivity index is 1.38. The van der Waals surface area contributed by atoms with E-state index in [1.54, 1.807) is 30.1 Å².